The summed E-state index contributed by atoms with van der Waals surface area (Å²) >= 11 is 6.15. The highest BCUT2D eigenvalue weighted by Gasteiger charge is 2.47. The number of amides is 1. The molecule has 0 spiro atoms. The summed E-state index contributed by atoms with van der Waals surface area (Å²) in [5, 5.41) is 11.7. The number of anilines is 1. The fourth-order valence-electron chi connectivity index (χ4n) is 4.27. The number of halogens is 1. The van der Waals surface area contributed by atoms with Crippen molar-refractivity contribution in [2.45, 2.75) is 39.3 Å². The molecule has 1 aliphatic rings. The summed E-state index contributed by atoms with van der Waals surface area (Å²) in [6.07, 6.45) is 0.848. The van der Waals surface area contributed by atoms with Gasteiger partial charge in [-0.15, -0.1) is 0 Å². The Morgan fingerprint density at radius 1 is 1.03 bits per heavy atom. The van der Waals surface area contributed by atoms with Crippen molar-refractivity contribution in [3.8, 4) is 11.5 Å². The number of ketones is 1. The van der Waals surface area contributed by atoms with Crippen molar-refractivity contribution in [3.05, 3.63) is 94.0 Å². The van der Waals surface area contributed by atoms with Gasteiger partial charge in [0.05, 0.1) is 29.9 Å². The molecule has 4 rings (SSSR count). The first-order valence-corrected chi connectivity index (χ1v) is 12.1. The minimum atomic E-state index is -0.825. The molecule has 186 valence electrons. The van der Waals surface area contributed by atoms with Crippen LogP contribution in [-0.4, -0.2) is 30.0 Å². The van der Waals surface area contributed by atoms with Gasteiger partial charge in [-0.1, -0.05) is 42.8 Å². The lowest BCUT2D eigenvalue weighted by Gasteiger charge is -2.26. The van der Waals surface area contributed by atoms with E-state index < -0.39 is 17.7 Å². The van der Waals surface area contributed by atoms with Gasteiger partial charge in [0, 0.05) is 11.3 Å². The van der Waals surface area contributed by atoms with Gasteiger partial charge in [-0.2, -0.15) is 0 Å². The Kier molecular flexibility index (Phi) is 7.36. The zero-order chi connectivity index (χ0) is 26.0. The number of carbonyl (C=O) groups is 2. The van der Waals surface area contributed by atoms with Gasteiger partial charge in [0.2, 0.25) is 0 Å². The Hall–Kier alpha value is -3.77. The molecule has 1 aliphatic heterocycles. The minimum Gasteiger partial charge on any atom is -0.507 e. The lowest BCUT2D eigenvalue weighted by atomic mass is 9.94. The number of hydrogen-bond acceptors (Lipinski definition) is 5. The zero-order valence-electron chi connectivity index (χ0n) is 20.6. The molecular formula is C29H28ClNO5. The molecule has 1 unspecified atom stereocenters. The van der Waals surface area contributed by atoms with Crippen LogP contribution in [0.5, 0.6) is 11.5 Å². The number of hydrogen-bond donors (Lipinski definition) is 1. The van der Waals surface area contributed by atoms with E-state index in [1.807, 2.05) is 38.1 Å². The molecule has 1 amide bonds. The topological polar surface area (TPSA) is 76.1 Å². The second-order valence-corrected chi connectivity index (χ2v) is 9.18. The normalized spacial score (nSPS) is 17.1. The third kappa shape index (κ3) is 4.82. The van der Waals surface area contributed by atoms with E-state index in [0.29, 0.717) is 33.3 Å². The number of aliphatic hydroxyl groups is 1. The molecule has 1 heterocycles. The number of nitrogens with zero attached hydrogens (tertiary/aromatic N) is 1. The molecule has 0 bridgehead atoms. The Bertz CT molecular complexity index is 1310. The van der Waals surface area contributed by atoms with Crippen molar-refractivity contribution in [1.29, 1.82) is 0 Å². The number of aryl methyl sites for hydroxylation is 1. The highest BCUT2D eigenvalue weighted by molar-refractivity contribution is 6.51. The molecule has 0 aromatic heterocycles. The fourth-order valence-corrected chi connectivity index (χ4v) is 4.46. The molecule has 0 aliphatic carbocycles. The third-order valence-corrected chi connectivity index (χ3v) is 6.37. The van der Waals surface area contributed by atoms with E-state index in [2.05, 4.69) is 6.92 Å². The summed E-state index contributed by atoms with van der Waals surface area (Å²) in [5.41, 5.74) is 2.66. The predicted molar refractivity (Wildman–Crippen MR) is 141 cm³/mol. The van der Waals surface area contributed by atoms with Gasteiger partial charge in [-0.05, 0) is 73.9 Å². The van der Waals surface area contributed by atoms with Crippen LogP contribution in [0.4, 0.5) is 5.69 Å². The predicted octanol–water partition coefficient (Wildman–Crippen LogP) is 6.32. The second-order valence-electron chi connectivity index (χ2n) is 8.77. The van der Waals surface area contributed by atoms with Gasteiger partial charge in [-0.25, -0.2) is 0 Å². The number of ether oxygens (including phenoxy) is 2. The van der Waals surface area contributed by atoms with Gasteiger partial charge < -0.3 is 14.6 Å². The molecule has 36 heavy (non-hydrogen) atoms. The first-order chi connectivity index (χ1) is 17.2. The monoisotopic (exact) mass is 505 g/mol. The van der Waals surface area contributed by atoms with Crippen LogP contribution >= 0.6 is 11.6 Å². The maximum atomic E-state index is 13.4. The van der Waals surface area contributed by atoms with Gasteiger partial charge in [-0.3, -0.25) is 14.5 Å². The van der Waals surface area contributed by atoms with Crippen LogP contribution in [0.2, 0.25) is 5.02 Å². The van der Waals surface area contributed by atoms with Crippen LogP contribution in [0.1, 0.15) is 43.5 Å². The van der Waals surface area contributed by atoms with E-state index in [1.54, 1.807) is 42.5 Å². The first-order valence-electron chi connectivity index (χ1n) is 11.8. The van der Waals surface area contributed by atoms with Gasteiger partial charge in [0.15, 0.2) is 0 Å². The number of carbonyl (C=O) groups excluding carboxylic acids is 2. The first kappa shape index (κ1) is 25.3. The van der Waals surface area contributed by atoms with Crippen molar-refractivity contribution >= 4 is 34.7 Å². The average molecular weight is 506 g/mol. The Labute approximate surface area is 215 Å². The molecule has 0 radical (unpaired) electrons. The van der Waals surface area contributed by atoms with E-state index in [0.717, 1.165) is 12.0 Å². The molecule has 1 fully saturated rings. The summed E-state index contributed by atoms with van der Waals surface area (Å²) in [5.74, 6) is -0.787. The molecule has 1 N–H and O–H groups in total. The highest BCUT2D eigenvalue weighted by Crippen LogP contribution is 2.43. The summed E-state index contributed by atoms with van der Waals surface area (Å²) in [7, 11) is 1.46. The van der Waals surface area contributed by atoms with Crippen LogP contribution < -0.4 is 14.4 Å². The standard InChI is InChI=1S/C29H28ClNO5/c1-5-18-6-8-19(9-7-18)26-25(27(32)20-10-15-23(30)24(16-20)35-4)28(33)29(34)31(26)21-11-13-22(14-12-21)36-17(2)3/h6-17,26,32H,5H2,1-4H3/b27-25-. The van der Waals surface area contributed by atoms with E-state index in [1.165, 1.54) is 12.0 Å². The number of benzene rings is 3. The summed E-state index contributed by atoms with van der Waals surface area (Å²) in [6.45, 7) is 5.91. The summed E-state index contributed by atoms with van der Waals surface area (Å²) in [6, 6.07) is 18.6. The van der Waals surface area contributed by atoms with E-state index in [-0.39, 0.29) is 17.4 Å². The molecule has 3 aromatic rings. The van der Waals surface area contributed by atoms with Crippen molar-refractivity contribution in [1.82, 2.24) is 0 Å². The van der Waals surface area contributed by atoms with Crippen molar-refractivity contribution in [2.75, 3.05) is 12.0 Å². The van der Waals surface area contributed by atoms with E-state index >= 15 is 0 Å². The van der Waals surface area contributed by atoms with Crippen LogP contribution in [0.3, 0.4) is 0 Å². The molecule has 6 nitrogen and oxygen atoms in total. The third-order valence-electron chi connectivity index (χ3n) is 6.06. The number of methoxy groups -OCH3 is 1. The van der Waals surface area contributed by atoms with Crippen molar-refractivity contribution in [3.63, 3.8) is 0 Å². The number of aliphatic hydroxyl groups excluding tert-OH is 1. The lowest BCUT2D eigenvalue weighted by molar-refractivity contribution is -0.132. The Balaban J connectivity index is 1.88. The lowest BCUT2D eigenvalue weighted by Crippen LogP contribution is -2.29. The maximum absolute atomic E-state index is 13.4. The Morgan fingerprint density at radius 2 is 1.69 bits per heavy atom. The zero-order valence-corrected chi connectivity index (χ0v) is 21.4. The summed E-state index contributed by atoms with van der Waals surface area (Å²) in [4.78, 5) is 28.1. The molecule has 7 heteroatoms. The Morgan fingerprint density at radius 3 is 2.28 bits per heavy atom. The molecule has 3 aromatic carbocycles. The fraction of sp³-hybridized carbons (Fsp3) is 0.241. The van der Waals surface area contributed by atoms with Crippen LogP contribution in [-0.2, 0) is 16.0 Å². The maximum Gasteiger partial charge on any atom is 0.300 e. The van der Waals surface area contributed by atoms with Crippen molar-refractivity contribution in [2.24, 2.45) is 0 Å². The molecular weight excluding hydrogens is 478 g/mol. The van der Waals surface area contributed by atoms with Gasteiger partial charge >= 0.3 is 0 Å². The SMILES string of the molecule is CCc1ccc(C2/C(=C(/O)c3ccc(Cl)c(OC)c3)C(=O)C(=O)N2c2ccc(OC(C)C)cc2)cc1. The largest absolute Gasteiger partial charge is 0.507 e. The highest BCUT2D eigenvalue weighted by atomic mass is 35.5. The second kappa shape index (κ2) is 10.5. The molecule has 0 saturated carbocycles. The quantitative estimate of drug-likeness (QED) is 0.231. The minimum absolute atomic E-state index is 0.00137. The van der Waals surface area contributed by atoms with E-state index in [4.69, 9.17) is 21.1 Å². The smallest absolute Gasteiger partial charge is 0.300 e. The van der Waals surface area contributed by atoms with Crippen LogP contribution in [0.25, 0.3) is 5.76 Å². The van der Waals surface area contributed by atoms with E-state index in [9.17, 15) is 14.7 Å². The van der Waals surface area contributed by atoms with Crippen LogP contribution in [0.15, 0.2) is 72.3 Å². The van der Waals surface area contributed by atoms with Crippen molar-refractivity contribution < 1.29 is 24.2 Å². The van der Waals surface area contributed by atoms with Gasteiger partial charge in [0.25, 0.3) is 11.7 Å². The number of Topliss-reactive ketones (excluding diaryl/α,β-unsaturated/α-hetero) is 1. The summed E-state index contributed by atoms with van der Waals surface area (Å²) < 4.78 is 11.0. The average Bonchev–Trinajstić information content (AvgIpc) is 3.14. The molecule has 1 saturated heterocycles. The number of rotatable bonds is 7. The molecule has 1 atom stereocenters. The van der Waals surface area contributed by atoms with Crippen LogP contribution in [0, 0.1) is 0 Å². The van der Waals surface area contributed by atoms with Gasteiger partial charge in [0.1, 0.15) is 17.3 Å².